The van der Waals surface area contributed by atoms with E-state index in [1.54, 1.807) is 13.3 Å². The molecule has 1 aliphatic rings. The van der Waals surface area contributed by atoms with Gasteiger partial charge in [0.15, 0.2) is 0 Å². The smallest absolute Gasteiger partial charge is 0.244 e. The first-order valence-electron chi connectivity index (χ1n) is 9.51. The minimum Gasteiger partial charge on any atom is -0.383 e. The quantitative estimate of drug-likeness (QED) is 0.597. The van der Waals surface area contributed by atoms with E-state index in [2.05, 4.69) is 25.3 Å². The normalized spacial score (nSPS) is 17.1. The van der Waals surface area contributed by atoms with Crippen molar-refractivity contribution in [1.29, 1.82) is 0 Å². The lowest BCUT2D eigenvalue weighted by Crippen LogP contribution is -2.23. The van der Waals surface area contributed by atoms with Crippen LogP contribution in [0.5, 0.6) is 0 Å². The summed E-state index contributed by atoms with van der Waals surface area (Å²) in [6, 6.07) is 9.92. The van der Waals surface area contributed by atoms with Crippen LogP contribution in [0.25, 0.3) is 11.4 Å². The fraction of sp³-hybridized carbons (Fsp3) is 0.400. The molecule has 1 aliphatic heterocycles. The van der Waals surface area contributed by atoms with Crippen molar-refractivity contribution >= 4 is 5.82 Å². The molecule has 0 radical (unpaired) electrons. The van der Waals surface area contributed by atoms with E-state index in [1.165, 1.54) is 0 Å². The number of aromatic nitrogens is 4. The van der Waals surface area contributed by atoms with Crippen molar-refractivity contribution in [2.45, 2.75) is 25.4 Å². The number of pyridine rings is 2. The Morgan fingerprint density at radius 1 is 1.21 bits per heavy atom. The average molecular weight is 380 g/mol. The third kappa shape index (κ3) is 4.18. The third-order valence-corrected chi connectivity index (χ3v) is 4.83. The number of nitrogens with one attached hydrogen (secondary N) is 1. The maximum absolute atomic E-state index is 5.65. The summed E-state index contributed by atoms with van der Waals surface area (Å²) in [6.07, 6.45) is 5.67. The number of likely N-dealkylation sites (tertiary alicyclic amines) is 1. The van der Waals surface area contributed by atoms with Gasteiger partial charge >= 0.3 is 0 Å². The maximum Gasteiger partial charge on any atom is 0.244 e. The number of anilines is 1. The summed E-state index contributed by atoms with van der Waals surface area (Å²) in [5, 5.41) is 7.48. The van der Waals surface area contributed by atoms with Crippen LogP contribution in [-0.2, 0) is 11.3 Å². The van der Waals surface area contributed by atoms with Gasteiger partial charge in [-0.15, -0.1) is 0 Å². The maximum atomic E-state index is 5.65. The van der Waals surface area contributed by atoms with Crippen molar-refractivity contribution in [2.24, 2.45) is 0 Å². The van der Waals surface area contributed by atoms with Gasteiger partial charge in [-0.1, -0.05) is 11.2 Å². The van der Waals surface area contributed by atoms with Gasteiger partial charge < -0.3 is 14.6 Å². The Hall–Kier alpha value is -2.84. The second-order valence-corrected chi connectivity index (χ2v) is 6.72. The molecule has 4 heterocycles. The topological polar surface area (TPSA) is 89.2 Å². The van der Waals surface area contributed by atoms with E-state index in [1.807, 2.05) is 36.5 Å². The van der Waals surface area contributed by atoms with E-state index in [-0.39, 0.29) is 6.04 Å². The minimum atomic E-state index is 0.116. The van der Waals surface area contributed by atoms with Crippen molar-refractivity contribution in [3.63, 3.8) is 0 Å². The van der Waals surface area contributed by atoms with Crippen LogP contribution in [0.3, 0.4) is 0 Å². The number of nitrogens with zero attached hydrogens (tertiary/aromatic N) is 5. The van der Waals surface area contributed by atoms with Crippen molar-refractivity contribution in [2.75, 3.05) is 32.1 Å². The van der Waals surface area contributed by atoms with Crippen molar-refractivity contribution in [3.05, 3.63) is 54.3 Å². The summed E-state index contributed by atoms with van der Waals surface area (Å²) in [5.41, 5.74) is 1.87. The van der Waals surface area contributed by atoms with Crippen LogP contribution in [0.2, 0.25) is 0 Å². The molecule has 8 heteroatoms. The first kappa shape index (κ1) is 18.5. The summed E-state index contributed by atoms with van der Waals surface area (Å²) in [4.78, 5) is 15.9. The first-order chi connectivity index (χ1) is 13.8. The molecule has 0 aromatic carbocycles. The van der Waals surface area contributed by atoms with Gasteiger partial charge in [0.05, 0.1) is 23.9 Å². The predicted molar refractivity (Wildman–Crippen MR) is 105 cm³/mol. The van der Waals surface area contributed by atoms with E-state index >= 15 is 0 Å². The van der Waals surface area contributed by atoms with Crippen LogP contribution in [0.15, 0.2) is 47.2 Å². The lowest BCUT2D eigenvalue weighted by molar-refractivity contribution is 0.199. The molecule has 0 saturated carbocycles. The van der Waals surface area contributed by atoms with Crippen LogP contribution in [0.1, 0.15) is 30.5 Å². The number of hydrogen-bond donors (Lipinski definition) is 1. The van der Waals surface area contributed by atoms with Gasteiger partial charge in [0.25, 0.3) is 0 Å². The second-order valence-electron chi connectivity index (χ2n) is 6.72. The molecule has 28 heavy (non-hydrogen) atoms. The van der Waals surface area contributed by atoms with Gasteiger partial charge in [0.2, 0.25) is 11.7 Å². The van der Waals surface area contributed by atoms with E-state index in [9.17, 15) is 0 Å². The molecule has 8 nitrogen and oxygen atoms in total. The van der Waals surface area contributed by atoms with Gasteiger partial charge in [-0.05, 0) is 43.7 Å². The Morgan fingerprint density at radius 3 is 3.00 bits per heavy atom. The molecule has 0 unspecified atom stereocenters. The highest BCUT2D eigenvalue weighted by atomic mass is 16.5. The Morgan fingerprint density at radius 2 is 2.14 bits per heavy atom. The average Bonchev–Trinajstić information content (AvgIpc) is 3.39. The summed E-state index contributed by atoms with van der Waals surface area (Å²) in [6.45, 7) is 3.03. The monoisotopic (exact) mass is 380 g/mol. The highest BCUT2D eigenvalue weighted by Gasteiger charge is 2.31. The number of hydrogen-bond acceptors (Lipinski definition) is 8. The van der Waals surface area contributed by atoms with Gasteiger partial charge in [0.1, 0.15) is 5.82 Å². The highest BCUT2D eigenvalue weighted by molar-refractivity contribution is 5.69. The Kier molecular flexibility index (Phi) is 5.89. The fourth-order valence-corrected chi connectivity index (χ4v) is 3.47. The fourth-order valence-electron chi connectivity index (χ4n) is 3.47. The molecule has 4 rings (SSSR count). The molecule has 0 aliphatic carbocycles. The number of ether oxygens (including phenoxy) is 1. The largest absolute Gasteiger partial charge is 0.383 e. The summed E-state index contributed by atoms with van der Waals surface area (Å²) >= 11 is 0. The summed E-state index contributed by atoms with van der Waals surface area (Å²) < 4.78 is 10.7. The number of rotatable bonds is 8. The molecule has 1 saturated heterocycles. The Balaban J connectivity index is 1.51. The zero-order valence-corrected chi connectivity index (χ0v) is 15.9. The molecule has 1 atom stereocenters. The molecule has 0 spiro atoms. The lowest BCUT2D eigenvalue weighted by Gasteiger charge is -2.20. The van der Waals surface area contributed by atoms with E-state index in [0.717, 1.165) is 43.0 Å². The molecule has 1 N–H and O–H groups in total. The van der Waals surface area contributed by atoms with Crippen molar-refractivity contribution in [3.8, 4) is 11.4 Å². The van der Waals surface area contributed by atoms with E-state index < -0.39 is 0 Å². The lowest BCUT2D eigenvalue weighted by atomic mass is 10.2. The van der Waals surface area contributed by atoms with Gasteiger partial charge in [0, 0.05) is 32.6 Å². The van der Waals surface area contributed by atoms with E-state index in [0.29, 0.717) is 24.9 Å². The van der Waals surface area contributed by atoms with E-state index in [4.69, 9.17) is 14.2 Å². The summed E-state index contributed by atoms with van der Waals surface area (Å²) in [5.74, 6) is 1.92. The Labute approximate surface area is 164 Å². The summed E-state index contributed by atoms with van der Waals surface area (Å²) in [7, 11) is 1.67. The molecule has 146 valence electrons. The van der Waals surface area contributed by atoms with Crippen LogP contribution in [-0.4, -0.2) is 51.8 Å². The standard InChI is InChI=1S/C20H24N6O2/c1-27-13-11-23-18-16(7-4-10-22-18)19-24-20(28-25-19)17-8-5-12-26(17)14-15-6-2-3-9-21-15/h2-4,6-7,9-10,17H,5,8,11-14H2,1H3,(H,22,23)/t17-/m0/s1. The molecular weight excluding hydrogens is 356 g/mol. The predicted octanol–water partition coefficient (Wildman–Crippen LogP) is 2.92. The molecule has 3 aromatic rings. The van der Waals surface area contributed by atoms with Crippen LogP contribution < -0.4 is 5.32 Å². The van der Waals surface area contributed by atoms with Crippen LogP contribution in [0.4, 0.5) is 5.82 Å². The third-order valence-electron chi connectivity index (χ3n) is 4.83. The van der Waals surface area contributed by atoms with Gasteiger partial charge in [-0.3, -0.25) is 9.88 Å². The molecule has 3 aromatic heterocycles. The zero-order chi connectivity index (χ0) is 19.2. The number of methoxy groups -OCH3 is 1. The molecule has 0 bridgehead atoms. The minimum absolute atomic E-state index is 0.116. The van der Waals surface area contributed by atoms with Crippen molar-refractivity contribution < 1.29 is 9.26 Å². The SMILES string of the molecule is COCCNc1ncccc1-c1noc([C@@H]2CCCN2Cc2ccccn2)n1. The molecular formula is C20H24N6O2. The molecule has 0 amide bonds. The zero-order valence-electron chi connectivity index (χ0n) is 15.9. The highest BCUT2D eigenvalue weighted by Crippen LogP contribution is 2.33. The molecule has 1 fully saturated rings. The Bertz CT molecular complexity index is 885. The van der Waals surface area contributed by atoms with Gasteiger partial charge in [-0.25, -0.2) is 4.98 Å². The second kappa shape index (κ2) is 8.90. The van der Waals surface area contributed by atoms with Crippen LogP contribution in [0, 0.1) is 0 Å². The van der Waals surface area contributed by atoms with Gasteiger partial charge in [-0.2, -0.15) is 4.98 Å². The van der Waals surface area contributed by atoms with Crippen LogP contribution >= 0.6 is 0 Å². The first-order valence-corrected chi connectivity index (χ1v) is 9.51. The van der Waals surface area contributed by atoms with Crippen molar-refractivity contribution in [1.82, 2.24) is 25.0 Å².